The van der Waals surface area contributed by atoms with Crippen molar-refractivity contribution < 1.29 is 9.90 Å². The van der Waals surface area contributed by atoms with Gasteiger partial charge in [-0.15, -0.1) is 0 Å². The number of rotatable bonds is 2. The van der Waals surface area contributed by atoms with Crippen LogP contribution in [0.15, 0.2) is 18.2 Å². The second-order valence-electron chi connectivity index (χ2n) is 4.14. The lowest BCUT2D eigenvalue weighted by Gasteiger charge is -2.09. The summed E-state index contributed by atoms with van der Waals surface area (Å²) in [5.41, 5.74) is 13.0. The summed E-state index contributed by atoms with van der Waals surface area (Å²) in [6.45, 7) is 1.72. The van der Waals surface area contributed by atoms with Crippen molar-refractivity contribution in [3.05, 3.63) is 34.9 Å². The van der Waals surface area contributed by atoms with E-state index in [4.69, 9.17) is 21.8 Å². The number of hydrogen-bond acceptors (Lipinski definition) is 6. The van der Waals surface area contributed by atoms with Crippen molar-refractivity contribution in [3.63, 3.8) is 0 Å². The van der Waals surface area contributed by atoms with Gasteiger partial charge in [-0.3, -0.25) is 0 Å². The van der Waals surface area contributed by atoms with Crippen LogP contribution in [0.3, 0.4) is 0 Å². The molecule has 2 rings (SSSR count). The number of carboxylic acids is 1. The number of nitrogens with two attached hydrogens (primary N) is 2. The van der Waals surface area contributed by atoms with Gasteiger partial charge in [0.2, 0.25) is 5.95 Å². The van der Waals surface area contributed by atoms with Gasteiger partial charge in [-0.05, 0) is 24.6 Å². The summed E-state index contributed by atoms with van der Waals surface area (Å²) in [5, 5.41) is 18.1. The number of benzene rings is 1. The van der Waals surface area contributed by atoms with Gasteiger partial charge in [0.05, 0.1) is 11.3 Å². The topological polar surface area (TPSA) is 139 Å². The molecular formula is C13H11N5O2. The van der Waals surface area contributed by atoms with Crippen LogP contribution in [0.4, 0.5) is 11.8 Å². The molecule has 0 unspecified atom stereocenters. The molecule has 0 saturated carbocycles. The number of aromatic nitrogens is 2. The van der Waals surface area contributed by atoms with Gasteiger partial charge >= 0.3 is 5.97 Å². The molecule has 100 valence electrons. The highest BCUT2D eigenvalue weighted by atomic mass is 16.4. The first-order valence-electron chi connectivity index (χ1n) is 5.61. The van der Waals surface area contributed by atoms with E-state index in [1.807, 2.05) is 6.07 Å². The summed E-state index contributed by atoms with van der Waals surface area (Å²) in [4.78, 5) is 18.7. The van der Waals surface area contributed by atoms with E-state index in [-0.39, 0.29) is 22.9 Å². The summed E-state index contributed by atoms with van der Waals surface area (Å²) < 4.78 is 0. The van der Waals surface area contributed by atoms with E-state index < -0.39 is 5.97 Å². The van der Waals surface area contributed by atoms with Crippen molar-refractivity contribution in [1.29, 1.82) is 5.26 Å². The fourth-order valence-electron chi connectivity index (χ4n) is 1.86. The Kier molecular flexibility index (Phi) is 3.23. The highest BCUT2D eigenvalue weighted by Gasteiger charge is 2.16. The fourth-order valence-corrected chi connectivity index (χ4v) is 1.86. The van der Waals surface area contributed by atoms with Crippen molar-refractivity contribution in [2.24, 2.45) is 0 Å². The second-order valence-corrected chi connectivity index (χ2v) is 4.14. The van der Waals surface area contributed by atoms with Crippen molar-refractivity contribution >= 4 is 17.7 Å². The zero-order valence-corrected chi connectivity index (χ0v) is 10.6. The lowest BCUT2D eigenvalue weighted by Crippen LogP contribution is -2.06. The molecule has 0 aliphatic rings. The lowest BCUT2D eigenvalue weighted by atomic mass is 9.99. The third kappa shape index (κ3) is 2.22. The third-order valence-electron chi connectivity index (χ3n) is 2.79. The Bertz CT molecular complexity index is 749. The molecule has 5 N–H and O–H groups in total. The van der Waals surface area contributed by atoms with Crippen LogP contribution in [0.2, 0.25) is 0 Å². The van der Waals surface area contributed by atoms with Crippen molar-refractivity contribution in [1.82, 2.24) is 9.97 Å². The highest BCUT2D eigenvalue weighted by molar-refractivity contribution is 5.89. The van der Waals surface area contributed by atoms with Crippen LogP contribution in [0, 0.1) is 18.3 Å². The first-order chi connectivity index (χ1) is 9.43. The number of anilines is 2. The number of nitrogen functional groups attached to an aromatic ring is 2. The predicted molar refractivity (Wildman–Crippen MR) is 72.7 cm³/mol. The smallest absolute Gasteiger partial charge is 0.335 e. The summed E-state index contributed by atoms with van der Waals surface area (Å²) >= 11 is 0. The fraction of sp³-hybridized carbons (Fsp3) is 0.0769. The molecule has 1 heterocycles. The van der Waals surface area contributed by atoms with E-state index in [9.17, 15) is 4.79 Å². The Hall–Kier alpha value is -3.14. The number of nitriles is 1. The van der Waals surface area contributed by atoms with Gasteiger partial charge < -0.3 is 16.6 Å². The number of aromatic carboxylic acids is 1. The zero-order valence-electron chi connectivity index (χ0n) is 10.6. The molecule has 0 radical (unpaired) electrons. The van der Waals surface area contributed by atoms with Gasteiger partial charge in [-0.25, -0.2) is 9.78 Å². The average molecular weight is 269 g/mol. The molecular weight excluding hydrogens is 258 g/mol. The number of hydrogen-bond donors (Lipinski definition) is 3. The van der Waals surface area contributed by atoms with E-state index in [0.717, 1.165) is 0 Å². The first kappa shape index (κ1) is 13.3. The quantitative estimate of drug-likeness (QED) is 0.743. The van der Waals surface area contributed by atoms with Gasteiger partial charge in [-0.2, -0.15) is 10.2 Å². The van der Waals surface area contributed by atoms with Gasteiger partial charge in [-0.1, -0.05) is 6.07 Å². The maximum absolute atomic E-state index is 10.9. The Balaban J connectivity index is 2.69. The Labute approximate surface area is 114 Å². The molecule has 7 heteroatoms. The van der Waals surface area contributed by atoms with Gasteiger partial charge in [0, 0.05) is 5.56 Å². The van der Waals surface area contributed by atoms with Crippen LogP contribution in [0.5, 0.6) is 0 Å². The molecule has 1 aromatic heterocycles. The minimum Gasteiger partial charge on any atom is -0.478 e. The summed E-state index contributed by atoms with van der Waals surface area (Å²) in [6.07, 6.45) is 0. The summed E-state index contributed by atoms with van der Waals surface area (Å²) in [6, 6.07) is 6.43. The van der Waals surface area contributed by atoms with Crippen LogP contribution in [0.25, 0.3) is 11.3 Å². The Morgan fingerprint density at radius 2 is 2.05 bits per heavy atom. The average Bonchev–Trinajstić information content (AvgIpc) is 2.37. The Morgan fingerprint density at radius 1 is 1.35 bits per heavy atom. The Morgan fingerprint density at radius 3 is 2.60 bits per heavy atom. The minimum absolute atomic E-state index is 0.00305. The standard InChI is InChI=1S/C13H11N5O2/c1-6-4-7(12(19)20)2-3-8(6)10-9(5-14)11(15)18-13(16)17-10/h2-4H,1H3,(H,19,20)(H4,15,16,17,18). The minimum atomic E-state index is -1.03. The highest BCUT2D eigenvalue weighted by Crippen LogP contribution is 2.28. The summed E-state index contributed by atoms with van der Waals surface area (Å²) in [7, 11) is 0. The molecule has 0 bridgehead atoms. The molecule has 0 amide bonds. The zero-order chi connectivity index (χ0) is 14.9. The first-order valence-corrected chi connectivity index (χ1v) is 5.61. The summed E-state index contributed by atoms with van der Waals surface area (Å²) in [5.74, 6) is -1.07. The normalized spacial score (nSPS) is 10.0. The van der Waals surface area contributed by atoms with E-state index in [1.165, 1.54) is 12.1 Å². The molecule has 0 aliphatic heterocycles. The largest absolute Gasteiger partial charge is 0.478 e. The molecule has 0 spiro atoms. The van der Waals surface area contributed by atoms with Crippen LogP contribution in [0.1, 0.15) is 21.5 Å². The molecule has 0 aliphatic carbocycles. The molecule has 7 nitrogen and oxygen atoms in total. The number of carboxylic acid groups (broad SMARTS) is 1. The van der Waals surface area contributed by atoms with Gasteiger partial charge in [0.1, 0.15) is 17.5 Å². The van der Waals surface area contributed by atoms with Crippen LogP contribution in [-0.4, -0.2) is 21.0 Å². The predicted octanol–water partition coefficient (Wildman–Crippen LogP) is 1.19. The third-order valence-corrected chi connectivity index (χ3v) is 2.79. The van der Waals surface area contributed by atoms with E-state index in [1.54, 1.807) is 13.0 Å². The molecule has 2 aromatic rings. The molecule has 0 fully saturated rings. The van der Waals surface area contributed by atoms with Gasteiger partial charge in [0.25, 0.3) is 0 Å². The van der Waals surface area contributed by atoms with Crippen molar-refractivity contribution in [2.45, 2.75) is 6.92 Å². The molecule has 0 atom stereocenters. The van der Waals surface area contributed by atoms with Crippen LogP contribution >= 0.6 is 0 Å². The monoisotopic (exact) mass is 269 g/mol. The van der Waals surface area contributed by atoms with Crippen LogP contribution < -0.4 is 11.5 Å². The van der Waals surface area contributed by atoms with E-state index >= 15 is 0 Å². The van der Waals surface area contributed by atoms with Crippen LogP contribution in [-0.2, 0) is 0 Å². The number of carbonyl (C=O) groups is 1. The number of nitrogens with zero attached hydrogens (tertiary/aromatic N) is 3. The number of aryl methyl sites for hydroxylation is 1. The molecule has 20 heavy (non-hydrogen) atoms. The maximum Gasteiger partial charge on any atom is 0.335 e. The molecule has 0 saturated heterocycles. The van der Waals surface area contributed by atoms with Crippen molar-refractivity contribution in [2.75, 3.05) is 11.5 Å². The lowest BCUT2D eigenvalue weighted by molar-refractivity contribution is 0.0697. The maximum atomic E-state index is 10.9. The van der Waals surface area contributed by atoms with E-state index in [2.05, 4.69) is 9.97 Å². The van der Waals surface area contributed by atoms with Gasteiger partial charge in [0.15, 0.2) is 0 Å². The molecule has 1 aromatic carbocycles. The second kappa shape index (κ2) is 4.85. The van der Waals surface area contributed by atoms with E-state index in [0.29, 0.717) is 16.8 Å². The SMILES string of the molecule is Cc1cc(C(=O)O)ccc1-c1nc(N)nc(N)c1C#N. The van der Waals surface area contributed by atoms with Crippen molar-refractivity contribution in [3.8, 4) is 17.3 Å².